The second-order valence-corrected chi connectivity index (χ2v) is 5.62. The Bertz CT molecular complexity index is 581. The third-order valence-electron chi connectivity index (χ3n) is 2.26. The second-order valence-electron chi connectivity index (χ2n) is 3.29. The zero-order valence-corrected chi connectivity index (χ0v) is 10.4. The zero-order valence-electron chi connectivity index (χ0n) is 8.07. The summed E-state index contributed by atoms with van der Waals surface area (Å²) in [4.78, 5) is 0.104. The Morgan fingerprint density at radius 1 is 1.38 bits per heavy atom. The molecule has 0 radical (unpaired) electrons. The molecule has 0 saturated heterocycles. The van der Waals surface area contributed by atoms with Crippen molar-refractivity contribution >= 4 is 44.6 Å². The molecule has 0 spiro atoms. The van der Waals surface area contributed by atoms with Crippen LogP contribution in [-0.4, -0.2) is 20.0 Å². The number of nitrogen functional groups attached to an aromatic ring is 1. The van der Waals surface area contributed by atoms with Gasteiger partial charge in [-0.25, -0.2) is 0 Å². The van der Waals surface area contributed by atoms with Gasteiger partial charge in [-0.05, 0) is 12.1 Å². The summed E-state index contributed by atoms with van der Waals surface area (Å²) in [5, 5.41) is 0.224. The van der Waals surface area contributed by atoms with Crippen LogP contribution in [0, 0.1) is 0 Å². The summed E-state index contributed by atoms with van der Waals surface area (Å²) in [6.45, 7) is 0. The lowest BCUT2D eigenvalue weighted by molar-refractivity contribution is 0.599. The standard InChI is InChI=1S/C9H8Cl2N2O2S/c10-4-3-6-8-7(16(14,15)13-6)2-1-5(12)9(8)11/h1-2H,3-4,12H2. The van der Waals surface area contributed by atoms with E-state index < -0.39 is 10.0 Å². The van der Waals surface area contributed by atoms with Crippen LogP contribution in [0.4, 0.5) is 5.69 Å². The Labute approximate surface area is 103 Å². The minimum atomic E-state index is -3.63. The molecule has 1 heterocycles. The molecule has 2 rings (SSSR count). The highest BCUT2D eigenvalue weighted by Crippen LogP contribution is 2.36. The summed E-state index contributed by atoms with van der Waals surface area (Å²) in [6.07, 6.45) is 0.344. The topological polar surface area (TPSA) is 72.5 Å². The molecule has 0 aromatic heterocycles. The molecule has 0 unspecified atom stereocenters. The number of alkyl halides is 1. The summed E-state index contributed by atoms with van der Waals surface area (Å²) < 4.78 is 27.0. The van der Waals surface area contributed by atoms with E-state index in [1.54, 1.807) is 0 Å². The van der Waals surface area contributed by atoms with Gasteiger partial charge in [-0.3, -0.25) is 0 Å². The maximum absolute atomic E-state index is 11.7. The number of nitrogens with two attached hydrogens (primary N) is 1. The molecule has 4 nitrogen and oxygen atoms in total. The van der Waals surface area contributed by atoms with Gasteiger partial charge in [-0.2, -0.15) is 12.8 Å². The number of halogens is 2. The van der Waals surface area contributed by atoms with Crippen LogP contribution in [0.2, 0.25) is 5.02 Å². The fourth-order valence-electron chi connectivity index (χ4n) is 1.56. The molecule has 0 amide bonds. The molecule has 1 aromatic carbocycles. The van der Waals surface area contributed by atoms with Crippen molar-refractivity contribution in [2.75, 3.05) is 11.6 Å². The van der Waals surface area contributed by atoms with Gasteiger partial charge in [-0.15, -0.1) is 11.6 Å². The highest BCUT2D eigenvalue weighted by Gasteiger charge is 2.31. The maximum atomic E-state index is 11.7. The molecular weight excluding hydrogens is 271 g/mol. The van der Waals surface area contributed by atoms with Crippen LogP contribution in [-0.2, 0) is 10.0 Å². The summed E-state index contributed by atoms with van der Waals surface area (Å²) in [5.74, 6) is 0.277. The van der Waals surface area contributed by atoms with E-state index in [1.165, 1.54) is 12.1 Å². The number of hydrogen-bond acceptors (Lipinski definition) is 3. The molecule has 0 atom stereocenters. The van der Waals surface area contributed by atoms with Gasteiger partial charge in [0.25, 0.3) is 10.0 Å². The summed E-state index contributed by atoms with van der Waals surface area (Å²) in [6, 6.07) is 2.87. The summed E-state index contributed by atoms with van der Waals surface area (Å²) >= 11 is 11.6. The molecule has 0 fully saturated rings. The Balaban J connectivity index is 2.73. The Morgan fingerprint density at radius 3 is 2.69 bits per heavy atom. The predicted octanol–water partition coefficient (Wildman–Crippen LogP) is 2.04. The van der Waals surface area contributed by atoms with E-state index in [0.717, 1.165) is 0 Å². The third-order valence-corrected chi connectivity index (χ3v) is 4.21. The van der Waals surface area contributed by atoms with E-state index in [4.69, 9.17) is 28.9 Å². The average Bonchev–Trinajstić information content (AvgIpc) is 2.45. The van der Waals surface area contributed by atoms with Crippen LogP contribution in [0.1, 0.15) is 12.0 Å². The lowest BCUT2D eigenvalue weighted by Crippen LogP contribution is -2.02. The van der Waals surface area contributed by atoms with Gasteiger partial charge in [0, 0.05) is 17.9 Å². The van der Waals surface area contributed by atoms with Crippen molar-refractivity contribution in [3.63, 3.8) is 0 Å². The van der Waals surface area contributed by atoms with Gasteiger partial charge in [0.2, 0.25) is 0 Å². The molecule has 1 aromatic rings. The van der Waals surface area contributed by atoms with Crippen molar-refractivity contribution in [2.24, 2.45) is 4.40 Å². The first-order valence-electron chi connectivity index (χ1n) is 4.45. The van der Waals surface area contributed by atoms with Gasteiger partial charge < -0.3 is 5.73 Å². The molecule has 86 valence electrons. The van der Waals surface area contributed by atoms with E-state index in [2.05, 4.69) is 4.40 Å². The summed E-state index contributed by atoms with van der Waals surface area (Å²) in [7, 11) is -3.63. The van der Waals surface area contributed by atoms with Gasteiger partial charge >= 0.3 is 0 Å². The molecule has 1 aliphatic rings. The van der Waals surface area contributed by atoms with E-state index in [1.807, 2.05) is 0 Å². The fraction of sp³-hybridized carbons (Fsp3) is 0.222. The monoisotopic (exact) mass is 278 g/mol. The molecule has 16 heavy (non-hydrogen) atoms. The van der Waals surface area contributed by atoms with Gasteiger partial charge in [0.15, 0.2) is 0 Å². The molecule has 1 aliphatic heterocycles. The minimum absolute atomic E-state index is 0.104. The van der Waals surface area contributed by atoms with Crippen LogP contribution in [0.15, 0.2) is 21.4 Å². The smallest absolute Gasteiger partial charge is 0.283 e. The number of sulfonamides is 1. The van der Waals surface area contributed by atoms with Crippen molar-refractivity contribution in [1.82, 2.24) is 0 Å². The van der Waals surface area contributed by atoms with Crippen LogP contribution in [0.3, 0.4) is 0 Å². The molecule has 2 N–H and O–H groups in total. The van der Waals surface area contributed by atoms with Crippen molar-refractivity contribution in [2.45, 2.75) is 11.3 Å². The Morgan fingerprint density at radius 2 is 2.06 bits per heavy atom. The molecule has 7 heteroatoms. The van der Waals surface area contributed by atoms with E-state index in [-0.39, 0.29) is 15.8 Å². The number of hydrogen-bond donors (Lipinski definition) is 1. The van der Waals surface area contributed by atoms with Crippen LogP contribution in [0.5, 0.6) is 0 Å². The highest BCUT2D eigenvalue weighted by atomic mass is 35.5. The first kappa shape index (κ1) is 11.7. The highest BCUT2D eigenvalue weighted by molar-refractivity contribution is 7.90. The normalized spacial score (nSPS) is 17.0. The van der Waals surface area contributed by atoms with E-state index in [9.17, 15) is 8.42 Å². The van der Waals surface area contributed by atoms with Gasteiger partial charge in [0.1, 0.15) is 0 Å². The Hall–Kier alpha value is -0.780. The van der Waals surface area contributed by atoms with Gasteiger partial charge in [-0.1, -0.05) is 11.6 Å². The first-order valence-corrected chi connectivity index (χ1v) is 6.81. The number of nitrogens with zero attached hydrogens (tertiary/aromatic N) is 1. The predicted molar refractivity (Wildman–Crippen MR) is 64.9 cm³/mol. The molecule has 0 aliphatic carbocycles. The molecule has 0 saturated carbocycles. The van der Waals surface area contributed by atoms with Crippen molar-refractivity contribution in [1.29, 1.82) is 0 Å². The van der Waals surface area contributed by atoms with Crippen LogP contribution >= 0.6 is 23.2 Å². The van der Waals surface area contributed by atoms with Crippen molar-refractivity contribution in [3.8, 4) is 0 Å². The van der Waals surface area contributed by atoms with Crippen LogP contribution < -0.4 is 5.73 Å². The van der Waals surface area contributed by atoms with E-state index in [0.29, 0.717) is 23.4 Å². The number of fused-ring (bicyclic) bond motifs is 1. The lowest BCUT2D eigenvalue weighted by atomic mass is 10.1. The number of anilines is 1. The quantitative estimate of drug-likeness (QED) is 0.665. The zero-order chi connectivity index (χ0) is 11.9. The maximum Gasteiger partial charge on any atom is 0.283 e. The summed E-state index contributed by atoms with van der Waals surface area (Å²) in [5.41, 5.74) is 6.73. The first-order chi connectivity index (χ1) is 7.47. The Kier molecular flexibility index (Phi) is 2.86. The number of rotatable bonds is 2. The number of benzene rings is 1. The van der Waals surface area contributed by atoms with Crippen molar-refractivity contribution < 1.29 is 8.42 Å². The molecule has 0 bridgehead atoms. The van der Waals surface area contributed by atoms with Gasteiger partial charge in [0.05, 0.1) is 21.3 Å². The second kappa shape index (κ2) is 3.91. The lowest BCUT2D eigenvalue weighted by Gasteiger charge is -2.05. The molecular formula is C9H8Cl2N2O2S. The fourth-order valence-corrected chi connectivity index (χ4v) is 3.36. The van der Waals surface area contributed by atoms with Crippen LogP contribution in [0.25, 0.3) is 0 Å². The minimum Gasteiger partial charge on any atom is -0.398 e. The largest absolute Gasteiger partial charge is 0.398 e. The average molecular weight is 279 g/mol. The van der Waals surface area contributed by atoms with E-state index >= 15 is 0 Å². The SMILES string of the molecule is Nc1ccc2c(c1Cl)C(CCCl)=NS2(=O)=O. The third kappa shape index (κ3) is 1.69. The van der Waals surface area contributed by atoms with Crippen molar-refractivity contribution in [3.05, 3.63) is 22.7 Å².